The van der Waals surface area contributed by atoms with Crippen molar-refractivity contribution in [1.82, 2.24) is 0 Å². The van der Waals surface area contributed by atoms with E-state index >= 15 is 0 Å². The third-order valence-electron chi connectivity index (χ3n) is 3.86. The Hall–Kier alpha value is -1.88. The van der Waals surface area contributed by atoms with E-state index in [0.29, 0.717) is 19.3 Å². The van der Waals surface area contributed by atoms with E-state index in [9.17, 15) is 17.6 Å². The minimum atomic E-state index is -1.36. The molecule has 0 aliphatic heterocycles. The van der Waals surface area contributed by atoms with Crippen molar-refractivity contribution in [1.29, 1.82) is 0 Å². The predicted octanol–water partition coefficient (Wildman–Crippen LogP) is 6.91. The lowest BCUT2D eigenvalue weighted by molar-refractivity contribution is 0.434. The zero-order valence-corrected chi connectivity index (χ0v) is 14.2. The van der Waals surface area contributed by atoms with E-state index < -0.39 is 40.3 Å². The van der Waals surface area contributed by atoms with E-state index in [2.05, 4.69) is 13.2 Å². The van der Waals surface area contributed by atoms with Crippen molar-refractivity contribution in [2.45, 2.75) is 32.1 Å². The molecule has 0 bridgehead atoms. The molecule has 0 nitrogen and oxygen atoms in total. The quantitative estimate of drug-likeness (QED) is 0.219. The molecule has 0 aliphatic carbocycles. The Balaban J connectivity index is 2.55. The zero-order valence-electron chi connectivity index (χ0n) is 13.3. The summed E-state index contributed by atoms with van der Waals surface area (Å²) in [5.41, 5.74) is -1.25. The molecule has 0 amide bonds. The van der Waals surface area contributed by atoms with Gasteiger partial charge in [-0.2, -0.15) is 0 Å². The second kappa shape index (κ2) is 7.79. The predicted molar refractivity (Wildman–Crippen MR) is 91.3 cm³/mol. The van der Waals surface area contributed by atoms with Crippen LogP contribution in [-0.2, 0) is 0 Å². The van der Waals surface area contributed by atoms with Gasteiger partial charge in [0.25, 0.3) is 0 Å². The molecular weight excluding hydrogens is 336 g/mol. The molecule has 0 N–H and O–H groups in total. The average Bonchev–Trinajstić information content (AvgIpc) is 2.98. The summed E-state index contributed by atoms with van der Waals surface area (Å²) in [6.07, 6.45) is 4.56. The average molecular weight is 354 g/mol. The molecule has 5 heteroatoms. The summed E-state index contributed by atoms with van der Waals surface area (Å²) in [5, 5.41) is 0. The monoisotopic (exact) mass is 354 g/mol. The van der Waals surface area contributed by atoms with Crippen LogP contribution in [0, 0.1) is 30.2 Å². The number of hydrogen-bond acceptors (Lipinski definition) is 1. The maximum Gasteiger partial charge on any atom is 0.170 e. The molecule has 0 saturated heterocycles. The molecule has 1 atom stereocenters. The Morgan fingerprint density at radius 2 is 1.67 bits per heavy atom. The summed E-state index contributed by atoms with van der Waals surface area (Å²) in [4.78, 5) is 0.954. The van der Waals surface area contributed by atoms with Gasteiger partial charge in [0.05, 0.1) is 5.56 Å². The molecular formula is C19H18F4S. The second-order valence-electron chi connectivity index (χ2n) is 5.52. The van der Waals surface area contributed by atoms with Crippen molar-refractivity contribution in [3.8, 4) is 10.4 Å². The Labute approximate surface area is 143 Å². The number of aryl methyl sites for hydroxylation is 1. The van der Waals surface area contributed by atoms with Crippen molar-refractivity contribution in [2.24, 2.45) is 0 Å². The Kier molecular flexibility index (Phi) is 5.99. The lowest BCUT2D eigenvalue weighted by Gasteiger charge is -2.17. The van der Waals surface area contributed by atoms with Gasteiger partial charge in [-0.1, -0.05) is 12.2 Å². The van der Waals surface area contributed by atoms with E-state index in [1.165, 1.54) is 12.1 Å². The van der Waals surface area contributed by atoms with E-state index in [-0.39, 0.29) is 4.88 Å². The smallest absolute Gasteiger partial charge is 0.170 e. The Morgan fingerprint density at radius 3 is 2.12 bits per heavy atom. The van der Waals surface area contributed by atoms with E-state index in [1.54, 1.807) is 19.1 Å². The van der Waals surface area contributed by atoms with Crippen molar-refractivity contribution in [3.05, 3.63) is 71.2 Å². The number of unbranched alkanes of at least 4 members (excludes halogenated alkanes) is 1. The van der Waals surface area contributed by atoms with Crippen LogP contribution in [0.1, 0.15) is 35.6 Å². The van der Waals surface area contributed by atoms with Gasteiger partial charge in [-0.3, -0.25) is 0 Å². The molecule has 0 radical (unpaired) electrons. The minimum absolute atomic E-state index is 0.161. The summed E-state index contributed by atoms with van der Waals surface area (Å²) >= 11 is 1.08. The van der Waals surface area contributed by atoms with Gasteiger partial charge in [-0.05, 0) is 38.3 Å². The van der Waals surface area contributed by atoms with Gasteiger partial charge in [-0.15, -0.1) is 24.5 Å². The molecule has 0 spiro atoms. The first-order valence-electron chi connectivity index (χ1n) is 7.58. The third-order valence-corrected chi connectivity index (χ3v) is 4.88. The fourth-order valence-electron chi connectivity index (χ4n) is 2.62. The fourth-order valence-corrected chi connectivity index (χ4v) is 3.52. The molecule has 2 rings (SSSR count). The maximum atomic E-state index is 14.5. The highest BCUT2D eigenvalue weighted by atomic mass is 32.1. The first-order valence-corrected chi connectivity index (χ1v) is 8.40. The third kappa shape index (κ3) is 3.46. The Bertz CT molecular complexity index is 732. The summed E-state index contributed by atoms with van der Waals surface area (Å²) < 4.78 is 57.9. The number of hydrogen-bond donors (Lipinski definition) is 0. The van der Waals surface area contributed by atoms with Gasteiger partial charge in [-0.25, -0.2) is 17.6 Å². The first kappa shape index (κ1) is 18.5. The molecule has 2 aromatic rings. The standard InChI is InChI=1S/C19H18F4S/c1-4-6-7-8-12(5-2)14-16(20)18(22)15(19(23)17(14)21)13-10-9-11(3)24-13/h4-5,9-10,12H,1-2,6-8H2,3H3. The molecule has 0 saturated carbocycles. The molecule has 128 valence electrons. The van der Waals surface area contributed by atoms with Gasteiger partial charge in [0.1, 0.15) is 0 Å². The van der Waals surface area contributed by atoms with E-state index in [0.717, 1.165) is 16.2 Å². The highest BCUT2D eigenvalue weighted by Crippen LogP contribution is 2.39. The highest BCUT2D eigenvalue weighted by molar-refractivity contribution is 7.15. The van der Waals surface area contributed by atoms with Gasteiger partial charge < -0.3 is 0 Å². The molecule has 1 heterocycles. The number of halogens is 4. The molecule has 1 unspecified atom stereocenters. The number of rotatable bonds is 7. The van der Waals surface area contributed by atoms with Crippen LogP contribution in [0.25, 0.3) is 10.4 Å². The SMILES string of the molecule is C=CCCCC(C=C)c1c(F)c(F)c(-c2ccc(C)s2)c(F)c1F. The van der Waals surface area contributed by atoms with Crippen LogP contribution in [-0.4, -0.2) is 0 Å². The number of thiophene rings is 1. The van der Waals surface area contributed by atoms with Crippen molar-refractivity contribution < 1.29 is 17.6 Å². The molecule has 1 aromatic heterocycles. The van der Waals surface area contributed by atoms with Crippen LogP contribution in [0.5, 0.6) is 0 Å². The topological polar surface area (TPSA) is 0 Å². The highest BCUT2D eigenvalue weighted by Gasteiger charge is 2.29. The normalized spacial score (nSPS) is 12.2. The van der Waals surface area contributed by atoms with Crippen LogP contribution in [0.15, 0.2) is 37.4 Å². The maximum absolute atomic E-state index is 14.5. The van der Waals surface area contributed by atoms with Crippen LogP contribution in [0.2, 0.25) is 0 Å². The van der Waals surface area contributed by atoms with Gasteiger partial charge >= 0.3 is 0 Å². The van der Waals surface area contributed by atoms with Crippen LogP contribution in [0.4, 0.5) is 17.6 Å². The van der Waals surface area contributed by atoms with E-state index in [1.807, 2.05) is 0 Å². The fraction of sp³-hybridized carbons (Fsp3) is 0.263. The van der Waals surface area contributed by atoms with Gasteiger partial charge in [0, 0.05) is 21.2 Å². The lowest BCUT2D eigenvalue weighted by Crippen LogP contribution is -2.09. The largest absolute Gasteiger partial charge is 0.203 e. The van der Waals surface area contributed by atoms with Crippen molar-refractivity contribution >= 4 is 11.3 Å². The molecule has 1 aromatic carbocycles. The summed E-state index contributed by atoms with van der Waals surface area (Å²) in [7, 11) is 0. The van der Waals surface area contributed by atoms with Gasteiger partial charge in [0.2, 0.25) is 0 Å². The number of allylic oxidation sites excluding steroid dienone is 2. The molecule has 0 fully saturated rings. The van der Waals surface area contributed by atoms with E-state index in [4.69, 9.17) is 0 Å². The van der Waals surface area contributed by atoms with Crippen LogP contribution >= 0.6 is 11.3 Å². The molecule has 0 aliphatic rings. The van der Waals surface area contributed by atoms with Gasteiger partial charge in [0.15, 0.2) is 23.3 Å². The number of benzene rings is 1. The zero-order chi connectivity index (χ0) is 17.9. The Morgan fingerprint density at radius 1 is 1.04 bits per heavy atom. The van der Waals surface area contributed by atoms with Crippen LogP contribution in [0.3, 0.4) is 0 Å². The van der Waals surface area contributed by atoms with Crippen molar-refractivity contribution in [3.63, 3.8) is 0 Å². The van der Waals surface area contributed by atoms with Crippen molar-refractivity contribution in [2.75, 3.05) is 0 Å². The summed E-state index contributed by atoms with van der Waals surface area (Å²) in [6, 6.07) is 3.10. The van der Waals surface area contributed by atoms with Crippen LogP contribution < -0.4 is 0 Å². The minimum Gasteiger partial charge on any atom is -0.203 e. The summed E-state index contributed by atoms with van der Waals surface area (Å²) in [6.45, 7) is 8.86. The summed E-state index contributed by atoms with van der Waals surface area (Å²) in [5.74, 6) is -6.22. The second-order valence-corrected chi connectivity index (χ2v) is 6.80. The first-order chi connectivity index (χ1) is 11.4. The lowest BCUT2D eigenvalue weighted by atomic mass is 9.91. The molecule has 24 heavy (non-hydrogen) atoms.